The van der Waals surface area contributed by atoms with Crippen LogP contribution in [0.25, 0.3) is 0 Å². The van der Waals surface area contributed by atoms with E-state index in [0.717, 1.165) is 121 Å². The Morgan fingerprint density at radius 1 is 0.236 bits per heavy atom. The molecular formula is C118H92F18O4S8+6. The number of alkyl halides is 8. The van der Waals surface area contributed by atoms with Crippen LogP contribution in [0, 0.1) is 58.2 Å². The summed E-state index contributed by atoms with van der Waals surface area (Å²) in [5.74, 6) is -8.56. The van der Waals surface area contributed by atoms with Crippen molar-refractivity contribution in [3.05, 3.63) is 530 Å². The van der Waals surface area contributed by atoms with E-state index in [9.17, 15) is 95.9 Å². The lowest BCUT2D eigenvalue weighted by atomic mass is 10.1. The van der Waals surface area contributed by atoms with E-state index in [1.165, 1.54) is 53.8 Å². The molecule has 1 saturated carbocycles. The van der Waals surface area contributed by atoms with Gasteiger partial charge in [-0.2, -0.15) is 13.2 Å². The summed E-state index contributed by atoms with van der Waals surface area (Å²) in [7, 11) is -10.3. The first kappa shape index (κ1) is 112. The summed E-state index contributed by atoms with van der Waals surface area (Å²) in [4.78, 5) is 15.1. The fourth-order valence-electron chi connectivity index (χ4n) is 15.3. The number of sulfone groups is 2. The number of rotatable bonds is 23. The largest absolute Gasteiger partial charge is 0.559 e. The third-order valence-electron chi connectivity index (χ3n) is 21.8. The lowest BCUT2D eigenvalue weighted by molar-refractivity contribution is -0.237. The molecular weight excluding hydrogens is 2080 g/mol. The van der Waals surface area contributed by atoms with Gasteiger partial charge in [0.25, 0.3) is 0 Å². The van der Waals surface area contributed by atoms with Gasteiger partial charge >= 0.3 is 12.6 Å². The SMILES string of the molecule is CS(=O)(=O)c1ccc([S+](c2ccccc2)c2ccccc2)cc1.FC(F)(F)Cc1cccc([S+](c2ccccc2)c2ccccc2)c1.FC(F)(F)F.FCc1cccc([S+](c2ccccc2)c2ccccc2)c1.Fc1ccc([S+](c2ccc(F)cc2F)c2ccc(F)cc2F)c(F)c1.Fc1ccc([S+](c2ccccc2)c2ccc(F)cc2F)c(F)c1.O=S(=O)(c1ccc([S+](c2ccccc2)c2ccccc2)cc1)C1CCCC1. The molecule has 148 heavy (non-hydrogen) atoms. The summed E-state index contributed by atoms with van der Waals surface area (Å²) in [6.07, 6.45) is -5.74. The van der Waals surface area contributed by atoms with Crippen LogP contribution in [0.2, 0.25) is 0 Å². The maximum absolute atomic E-state index is 14.3. The van der Waals surface area contributed by atoms with Crippen LogP contribution in [0.5, 0.6) is 0 Å². The van der Waals surface area contributed by atoms with Crippen molar-refractivity contribution >= 4 is 85.0 Å². The fraction of sp³-hybridized carbons (Fsp3) is 0.0847. The Morgan fingerprint density at radius 2 is 0.446 bits per heavy atom. The third-order valence-corrected chi connectivity index (χ3v) is 38.7. The predicted molar refractivity (Wildman–Crippen MR) is 553 cm³/mol. The van der Waals surface area contributed by atoms with Crippen molar-refractivity contribution < 1.29 is 95.9 Å². The molecule has 0 unspecified atom stereocenters. The minimum absolute atomic E-state index is 0.156. The molecule has 18 aromatic carbocycles. The van der Waals surface area contributed by atoms with Gasteiger partial charge in [-0.05, 0) is 236 Å². The Morgan fingerprint density at radius 3 is 0.682 bits per heavy atom. The molecule has 0 radical (unpaired) electrons. The van der Waals surface area contributed by atoms with Gasteiger partial charge in [-0.25, -0.2) is 65.1 Å². The van der Waals surface area contributed by atoms with Crippen LogP contribution < -0.4 is 0 Å². The molecule has 1 aliphatic carbocycles. The second-order valence-corrected chi connectivity index (χ2v) is 48.6. The minimum atomic E-state index is -5.50. The lowest BCUT2D eigenvalue weighted by Gasteiger charge is -2.12. The molecule has 1 fully saturated rings. The lowest BCUT2D eigenvalue weighted by Crippen LogP contribution is -2.17. The van der Waals surface area contributed by atoms with Crippen LogP contribution >= 0.6 is 0 Å². The van der Waals surface area contributed by atoms with Crippen molar-refractivity contribution in [2.45, 2.75) is 155 Å². The van der Waals surface area contributed by atoms with E-state index in [1.807, 2.05) is 170 Å². The van der Waals surface area contributed by atoms with E-state index in [0.29, 0.717) is 38.4 Å². The Labute approximate surface area is 865 Å². The zero-order chi connectivity index (χ0) is 105. The van der Waals surface area contributed by atoms with Crippen LogP contribution in [0.4, 0.5) is 79.0 Å². The highest BCUT2D eigenvalue weighted by Gasteiger charge is 2.41. The van der Waals surface area contributed by atoms with E-state index >= 15 is 0 Å². The fourth-order valence-corrected chi connectivity index (χ4v) is 30.5. The zero-order valence-corrected chi connectivity index (χ0v) is 84.9. The summed E-state index contributed by atoms with van der Waals surface area (Å²) in [5.41, 5.74) is 1.03. The van der Waals surface area contributed by atoms with Gasteiger partial charge in [-0.15, -0.1) is 17.6 Å². The Hall–Kier alpha value is -13.3. The van der Waals surface area contributed by atoms with E-state index in [2.05, 4.69) is 127 Å². The molecule has 0 aromatic heterocycles. The van der Waals surface area contributed by atoms with Gasteiger partial charge in [0.05, 0.1) is 65.0 Å². The van der Waals surface area contributed by atoms with E-state index in [4.69, 9.17) is 0 Å². The van der Waals surface area contributed by atoms with Crippen LogP contribution in [-0.2, 0) is 98.1 Å². The second kappa shape index (κ2) is 53.5. The van der Waals surface area contributed by atoms with Crippen LogP contribution in [0.3, 0.4) is 0 Å². The monoisotopic (exact) mass is 2170 g/mol. The highest BCUT2D eigenvalue weighted by Crippen LogP contribution is 2.42. The number of halogens is 18. The zero-order valence-electron chi connectivity index (χ0n) is 78.4. The van der Waals surface area contributed by atoms with Gasteiger partial charge in [0.2, 0.25) is 24.5 Å². The summed E-state index contributed by atoms with van der Waals surface area (Å²) < 4.78 is 276. The molecule has 0 aliphatic heterocycles. The summed E-state index contributed by atoms with van der Waals surface area (Å²) in [5, 5.41) is -0.204. The first-order valence-electron chi connectivity index (χ1n) is 45.4. The molecule has 0 heterocycles. The summed E-state index contributed by atoms with van der Waals surface area (Å²) in [6, 6.07) is 134. The van der Waals surface area contributed by atoms with Gasteiger partial charge in [0.1, 0.15) is 57.6 Å². The Bertz CT molecular complexity index is 7190. The molecule has 4 nitrogen and oxygen atoms in total. The molecule has 0 N–H and O–H groups in total. The predicted octanol–water partition coefficient (Wildman–Crippen LogP) is 33.3. The number of hydrogen-bond donors (Lipinski definition) is 0. The smallest absolute Gasteiger partial charge is 0.246 e. The molecule has 756 valence electrons. The number of benzene rings is 18. The first-order chi connectivity index (χ1) is 71.0. The molecule has 1 aliphatic rings. The average molecular weight is 2170 g/mol. The highest BCUT2D eigenvalue weighted by atomic mass is 32.2. The van der Waals surface area contributed by atoms with Crippen molar-refractivity contribution in [1.82, 2.24) is 0 Å². The standard InChI is InChI=1S/C23H23O2S2.C20H16F3S.C19H16FS.C19H17O2S2.C18H9F6S.C18H11F4S.CF4/c24-27(25,22-13-7-8-14-22)23-17-15-21(16-18-23)26(19-9-3-1-4-10-19)20-11-5-2-6-12-20;21-20(22,23)15-16-8-7-13-19(14-16)24(17-9-3-1-4-10-17)18-11-5-2-6-12-18;20-15-16-8-7-13-19(14-16)21(17-9-3-1-4-10-17)18-11-5-2-6-12-18;1-23(20,21)19-14-12-18(13-15-19)22(16-8-4-2-5-9-16)17-10-6-3-7-11-17;19-10-1-4-16(13(22)7-10)25(17-5-2-11(20)8-14(17)23)18-6-3-12(21)9-15(18)24;19-12-6-8-17(15(21)10-12)23(14-4-2-1-3-5-14)18-9-7-13(20)11-16(18)22;2-1(3,4)5/h1-6,9-12,15-18,22H,7-8,13-14H2;1-14H,15H2;1-14H,15H2;2-15H,1H3;1-9H;1-11H;/q6*+1;. The normalized spacial score (nSPS) is 12.0. The Kier molecular flexibility index (Phi) is 40.5. The van der Waals surface area contributed by atoms with Crippen LogP contribution in [0.1, 0.15) is 36.8 Å². The molecule has 0 saturated heterocycles. The van der Waals surface area contributed by atoms with E-state index in [-0.39, 0.29) is 62.4 Å². The average Bonchev–Trinajstić information content (AvgIpc) is 0.895. The van der Waals surface area contributed by atoms with Gasteiger partial charge < -0.3 is 0 Å². The van der Waals surface area contributed by atoms with Crippen molar-refractivity contribution in [3.63, 3.8) is 0 Å². The maximum Gasteiger partial charge on any atom is 0.559 e. The molecule has 0 spiro atoms. The van der Waals surface area contributed by atoms with Gasteiger partial charge in [-0.1, -0.05) is 201 Å². The molecule has 30 heteroatoms. The molecule has 0 amide bonds. The second-order valence-electron chi connectivity index (χ2n) is 32.3. The van der Waals surface area contributed by atoms with Gasteiger partial charge in [0.15, 0.2) is 112 Å². The molecule has 19 rings (SSSR count). The van der Waals surface area contributed by atoms with Crippen molar-refractivity contribution in [2.75, 3.05) is 6.26 Å². The summed E-state index contributed by atoms with van der Waals surface area (Å²) in [6.45, 7) is -0.422. The van der Waals surface area contributed by atoms with Crippen LogP contribution in [0.15, 0.2) is 559 Å². The minimum Gasteiger partial charge on any atom is -0.246 e. The third kappa shape index (κ3) is 32.1. The van der Waals surface area contributed by atoms with Crippen molar-refractivity contribution in [2.24, 2.45) is 0 Å². The van der Waals surface area contributed by atoms with E-state index in [1.54, 1.807) is 66.7 Å². The summed E-state index contributed by atoms with van der Waals surface area (Å²) >= 11 is 0. The quantitative estimate of drug-likeness (QED) is 0.0473. The van der Waals surface area contributed by atoms with Crippen molar-refractivity contribution in [3.8, 4) is 0 Å². The number of hydrogen-bond acceptors (Lipinski definition) is 4. The topological polar surface area (TPSA) is 68.3 Å². The van der Waals surface area contributed by atoms with Crippen molar-refractivity contribution in [1.29, 1.82) is 0 Å². The van der Waals surface area contributed by atoms with Crippen LogP contribution in [-0.4, -0.2) is 40.9 Å². The maximum atomic E-state index is 14.3. The highest BCUT2D eigenvalue weighted by molar-refractivity contribution is 7.98. The molecule has 0 atom stereocenters. The van der Waals surface area contributed by atoms with E-state index < -0.39 is 136 Å². The van der Waals surface area contributed by atoms with Gasteiger partial charge in [0, 0.05) is 66.9 Å². The first-order valence-corrected chi connectivity index (χ1v) is 56.2. The molecule has 18 aromatic rings. The molecule has 0 bridgehead atoms. The van der Waals surface area contributed by atoms with Gasteiger partial charge in [-0.3, -0.25) is 0 Å². The Balaban J connectivity index is 0.000000147.